The fraction of sp³-hybridized carbons (Fsp3) is 0.157. The molecule has 21 nitrogen and oxygen atoms in total. The first-order chi connectivity index (χ1) is 40.5. The molecule has 0 unspecified atom stereocenters. The molecule has 0 amide bonds. The number of rotatable bonds is 11. The van der Waals surface area contributed by atoms with Crippen LogP contribution >= 0.6 is 0 Å². The second-order valence-corrected chi connectivity index (χ2v) is 34.3. The highest BCUT2D eigenvalue weighted by molar-refractivity contribution is 8.14. The van der Waals surface area contributed by atoms with Crippen LogP contribution in [0.3, 0.4) is 0 Å². The molecule has 0 radical (unpaired) electrons. The average Bonchev–Trinajstić information content (AvgIpc) is 1.24. The maximum absolute atomic E-state index is 13.1. The van der Waals surface area contributed by atoms with Crippen molar-refractivity contribution in [1.29, 1.82) is 0 Å². The maximum Gasteiger partial charge on any atom is 0.399 e. The Morgan fingerprint density at radius 3 is 1.11 bits per heavy atom. The summed E-state index contributed by atoms with van der Waals surface area (Å²) in [5.74, 6) is -7.27. The summed E-state index contributed by atoms with van der Waals surface area (Å²) in [6.07, 6.45) is 0.336. The number of fused-ring (bicyclic) bond motifs is 5. The van der Waals surface area contributed by atoms with E-state index in [0.717, 1.165) is 13.9 Å². The molecule has 4 aliphatic heterocycles. The van der Waals surface area contributed by atoms with Gasteiger partial charge in [0.15, 0.2) is 49.4 Å². The molecule has 0 atom stereocenters. The first-order valence-electron chi connectivity index (χ1n) is 24.3. The number of benzene rings is 7. The van der Waals surface area contributed by atoms with Crippen molar-refractivity contribution in [1.82, 2.24) is 9.44 Å². The summed E-state index contributed by atoms with van der Waals surface area (Å²) in [6, 6.07) is 46.7. The molecule has 0 aromatic heterocycles. The van der Waals surface area contributed by atoms with E-state index >= 15 is 0 Å². The van der Waals surface area contributed by atoms with Crippen LogP contribution in [0.25, 0.3) is 4.13 Å². The van der Waals surface area contributed by atoms with Crippen molar-refractivity contribution in [2.75, 3.05) is 26.3 Å². The third-order valence-electron chi connectivity index (χ3n) is 12.4. The first-order valence-corrected chi connectivity index (χ1v) is 37.0. The number of nitrogens with one attached hydrogen (secondary N) is 2. The normalized spacial score (nSPS) is 19.1. The maximum atomic E-state index is 13.1. The SMILES string of the molecule is O=S(=O)(NCCCO)c1ccc([S+]2c3ccccc3S(=O)(=O)c3ccccc32)cc1.O=S(=O)(NCCO)c1ccc([S+]2c3ccccc3S(=O)(=O)c3ccccc32)cc1.O=S1(=O)N=C([O-])c2ccccc21.O=S1(=O)[N-]S(=O)(=O)C(F)(F)C(F)(F)C1(F)F. The van der Waals surface area contributed by atoms with Gasteiger partial charge in [0.25, 0.3) is 10.0 Å². The van der Waals surface area contributed by atoms with E-state index in [4.69, 9.17) is 10.2 Å². The highest BCUT2D eigenvalue weighted by Crippen LogP contribution is 2.58. The highest BCUT2D eigenvalue weighted by Gasteiger charge is 2.81. The molecule has 4 aliphatic rings. The molecule has 4 heterocycles. The molecule has 7 aromatic carbocycles. The third kappa shape index (κ3) is 12.5. The fourth-order valence-electron chi connectivity index (χ4n) is 8.28. The Morgan fingerprint density at radius 2 is 0.782 bits per heavy atom. The molecule has 464 valence electrons. The molecule has 0 spiro atoms. The van der Waals surface area contributed by atoms with Gasteiger partial charge in [0, 0.05) is 31.2 Å². The minimum atomic E-state index is -6.60. The van der Waals surface area contributed by atoms with Crippen molar-refractivity contribution in [2.24, 2.45) is 4.40 Å². The van der Waals surface area contributed by atoms with Crippen LogP contribution < -0.4 is 14.6 Å². The van der Waals surface area contributed by atoms with Crippen LogP contribution in [0, 0.1) is 0 Å². The number of aliphatic hydroxyl groups excluding tert-OH is 2. The van der Waals surface area contributed by atoms with E-state index in [1.165, 1.54) is 36.4 Å². The molecule has 7 aromatic rings. The van der Waals surface area contributed by atoms with Crippen LogP contribution in [0.2, 0.25) is 0 Å². The molecule has 36 heteroatoms. The molecule has 87 heavy (non-hydrogen) atoms. The van der Waals surface area contributed by atoms with Gasteiger partial charge in [-0.05, 0) is 110 Å². The Bertz CT molecular complexity index is 4530. The van der Waals surface area contributed by atoms with E-state index in [1.807, 2.05) is 24.3 Å². The molecular formula is C51H42F6N4O17S9. The lowest BCUT2D eigenvalue weighted by Crippen LogP contribution is -2.64. The minimum Gasteiger partial charge on any atom is -0.858 e. The van der Waals surface area contributed by atoms with E-state index < -0.39 is 114 Å². The van der Waals surface area contributed by atoms with Gasteiger partial charge in [0.2, 0.25) is 39.7 Å². The van der Waals surface area contributed by atoms with Crippen molar-refractivity contribution in [3.8, 4) is 0 Å². The molecular weight excluding hydrogens is 1340 g/mol. The topological polar surface area (TPSA) is 353 Å². The fourth-order valence-corrected chi connectivity index (χ4v) is 23.6. The summed E-state index contributed by atoms with van der Waals surface area (Å²) in [4.78, 5) is 5.80. The smallest absolute Gasteiger partial charge is 0.399 e. The van der Waals surface area contributed by atoms with Crippen LogP contribution in [-0.4, -0.2) is 118 Å². The Hall–Kier alpha value is -6.26. The predicted octanol–water partition coefficient (Wildman–Crippen LogP) is 5.14. The number of sulfonamides is 5. The highest BCUT2D eigenvalue weighted by atomic mass is 32.3. The standard InChI is InChI=1S/C21H20NO5S3.C20H18NO5S3.C7H5NO3S.C3F6NO4S2/c23-15-5-14-22-30(26,27)17-12-10-16(11-13-17)28-18-6-1-3-8-20(18)29(24,25)21-9-4-2-7-19(21)28;22-14-13-21-29(25,26)16-11-9-15(10-12-16)27-17-5-1-3-7-19(17)28(23,24)20-8-4-2-6-18(20)27;9-7-5-3-1-2-4-6(5)12(10,11)8-7;4-1(5)2(6,7)15(11,12)10-16(13,14)3(1,8)9/h1-4,6-13,22-23H,5,14-15H2;1-12,21-22H,13-14H2;1-4H,(H,8,9);/q2*+1;;-1/p-1. The van der Waals surface area contributed by atoms with Crippen LogP contribution in [0.4, 0.5) is 26.3 Å². The zero-order chi connectivity index (χ0) is 64.0. The molecule has 0 saturated carbocycles. The quantitative estimate of drug-likeness (QED) is 0.0740. The van der Waals surface area contributed by atoms with Crippen molar-refractivity contribution in [3.63, 3.8) is 0 Å². The number of nitrogens with zero attached hydrogens (tertiary/aromatic N) is 2. The predicted molar refractivity (Wildman–Crippen MR) is 299 cm³/mol. The van der Waals surface area contributed by atoms with Crippen LogP contribution in [0.5, 0.6) is 0 Å². The zero-order valence-corrected chi connectivity index (χ0v) is 50.9. The monoisotopic (exact) mass is 1380 g/mol. The van der Waals surface area contributed by atoms with Gasteiger partial charge in [-0.25, -0.2) is 60.0 Å². The van der Waals surface area contributed by atoms with Gasteiger partial charge in [-0.2, -0.15) is 39.2 Å². The van der Waals surface area contributed by atoms with Gasteiger partial charge in [-0.1, -0.05) is 66.7 Å². The van der Waals surface area contributed by atoms with E-state index in [0.29, 0.717) is 26.0 Å². The van der Waals surface area contributed by atoms with Gasteiger partial charge in [0.05, 0.1) is 21.3 Å². The van der Waals surface area contributed by atoms with Gasteiger partial charge in [0.1, 0.15) is 41.4 Å². The summed E-state index contributed by atoms with van der Waals surface area (Å²) < 4.78 is 248. The van der Waals surface area contributed by atoms with Crippen molar-refractivity contribution >= 4 is 97.5 Å². The molecule has 1 saturated heterocycles. The second kappa shape index (κ2) is 24.6. The molecule has 4 N–H and O–H groups in total. The second-order valence-electron chi connectivity index (χ2n) is 17.9. The lowest BCUT2D eigenvalue weighted by molar-refractivity contribution is -0.244. The van der Waals surface area contributed by atoms with Gasteiger partial charge < -0.3 is 19.4 Å². The van der Waals surface area contributed by atoms with Gasteiger partial charge in [-0.3, -0.25) is 0 Å². The summed E-state index contributed by atoms with van der Waals surface area (Å²) in [7, 11) is -32.8. The van der Waals surface area contributed by atoms with Gasteiger partial charge >= 0.3 is 16.4 Å². The van der Waals surface area contributed by atoms with Crippen LogP contribution in [0.15, 0.2) is 238 Å². The number of sulfone groups is 2. The van der Waals surface area contributed by atoms with Crippen molar-refractivity contribution < 1.29 is 101 Å². The number of alkyl halides is 6. The molecule has 0 bridgehead atoms. The van der Waals surface area contributed by atoms with E-state index in [1.54, 1.807) is 109 Å². The lowest BCUT2D eigenvalue weighted by Gasteiger charge is -2.42. The Balaban J connectivity index is 0.000000160. The molecule has 0 aliphatic carbocycles. The van der Waals surface area contributed by atoms with Crippen LogP contribution in [0.1, 0.15) is 12.0 Å². The van der Waals surface area contributed by atoms with Crippen molar-refractivity contribution in [3.05, 3.63) is 180 Å². The van der Waals surface area contributed by atoms with Crippen molar-refractivity contribution in [2.45, 2.75) is 86.5 Å². The first kappa shape index (κ1) is 66.7. The largest absolute Gasteiger partial charge is 0.858 e. The Kier molecular flexibility index (Phi) is 18.9. The molecule has 1 fully saturated rings. The van der Waals surface area contributed by atoms with E-state index in [9.17, 15) is 90.4 Å². The Morgan fingerprint density at radius 1 is 0.460 bits per heavy atom. The van der Waals surface area contributed by atoms with E-state index in [2.05, 4.69) is 13.8 Å². The molecule has 11 rings (SSSR count). The summed E-state index contributed by atoms with van der Waals surface area (Å²) in [6.45, 7) is -0.286. The third-order valence-corrected chi connectivity index (χ3v) is 29.0. The Labute approximate surface area is 500 Å². The lowest BCUT2D eigenvalue weighted by atomic mass is 10.2. The minimum absolute atomic E-state index is 0.00926. The number of halogens is 6. The number of hydrogen-bond donors (Lipinski definition) is 4. The van der Waals surface area contributed by atoms with Crippen LogP contribution in [-0.2, 0) is 91.6 Å². The average molecular weight is 1390 g/mol. The summed E-state index contributed by atoms with van der Waals surface area (Å²) >= 11 is 0. The number of aliphatic hydroxyl groups is 2. The van der Waals surface area contributed by atoms with Gasteiger partial charge in [-0.15, -0.1) is 0 Å². The zero-order valence-electron chi connectivity index (χ0n) is 43.6. The summed E-state index contributed by atoms with van der Waals surface area (Å²) in [5.41, 5.74) is 0.164. The summed E-state index contributed by atoms with van der Waals surface area (Å²) in [5, 5.41) is 16.0. The number of hydrogen-bond acceptors (Lipinski definition) is 17. The van der Waals surface area contributed by atoms with E-state index in [-0.39, 0.29) is 66.1 Å².